The molecule has 0 aliphatic heterocycles. The SMILES string of the molecule is Cc1cc(C(=O)Nc2ccccc2C)ccc1O. The molecule has 0 aliphatic rings. The van der Waals surface area contributed by atoms with Gasteiger partial charge in [-0.05, 0) is 49.2 Å². The normalized spacial score (nSPS) is 10.1. The summed E-state index contributed by atoms with van der Waals surface area (Å²) >= 11 is 0. The van der Waals surface area contributed by atoms with Gasteiger partial charge >= 0.3 is 0 Å². The molecule has 0 unspecified atom stereocenters. The third kappa shape index (κ3) is 2.51. The van der Waals surface area contributed by atoms with Gasteiger partial charge < -0.3 is 10.4 Å². The number of hydrogen-bond donors (Lipinski definition) is 2. The van der Waals surface area contributed by atoms with Crippen molar-refractivity contribution in [3.63, 3.8) is 0 Å². The lowest BCUT2D eigenvalue weighted by Gasteiger charge is -2.08. The zero-order valence-corrected chi connectivity index (χ0v) is 10.4. The van der Waals surface area contributed by atoms with Gasteiger partial charge in [-0.2, -0.15) is 0 Å². The van der Waals surface area contributed by atoms with Crippen LogP contribution in [-0.2, 0) is 0 Å². The number of amides is 1. The van der Waals surface area contributed by atoms with Crippen molar-refractivity contribution >= 4 is 11.6 Å². The molecule has 18 heavy (non-hydrogen) atoms. The number of aromatic hydroxyl groups is 1. The topological polar surface area (TPSA) is 49.3 Å². The molecular formula is C15H15NO2. The van der Waals surface area contributed by atoms with Crippen LogP contribution in [0.1, 0.15) is 21.5 Å². The number of phenolic OH excluding ortho intramolecular Hbond substituents is 1. The molecule has 3 nitrogen and oxygen atoms in total. The summed E-state index contributed by atoms with van der Waals surface area (Å²) in [6, 6.07) is 12.4. The zero-order chi connectivity index (χ0) is 13.1. The Morgan fingerprint density at radius 2 is 1.78 bits per heavy atom. The number of para-hydroxylation sites is 1. The first-order valence-corrected chi connectivity index (χ1v) is 5.74. The van der Waals surface area contributed by atoms with Gasteiger partial charge in [-0.3, -0.25) is 4.79 Å². The Hall–Kier alpha value is -2.29. The van der Waals surface area contributed by atoms with Crippen LogP contribution >= 0.6 is 0 Å². The molecule has 0 saturated heterocycles. The average molecular weight is 241 g/mol. The molecule has 92 valence electrons. The number of benzene rings is 2. The van der Waals surface area contributed by atoms with Gasteiger partial charge in [-0.25, -0.2) is 0 Å². The van der Waals surface area contributed by atoms with Gasteiger partial charge in [0.05, 0.1) is 0 Å². The van der Waals surface area contributed by atoms with Crippen LogP contribution in [0, 0.1) is 13.8 Å². The van der Waals surface area contributed by atoms with Gasteiger partial charge in [-0.15, -0.1) is 0 Å². The summed E-state index contributed by atoms with van der Waals surface area (Å²) in [5, 5.41) is 12.3. The molecule has 2 rings (SSSR count). The number of phenols is 1. The number of anilines is 1. The van der Waals surface area contributed by atoms with E-state index in [0.29, 0.717) is 11.1 Å². The standard InChI is InChI=1S/C15H15NO2/c1-10-5-3-4-6-13(10)16-15(18)12-7-8-14(17)11(2)9-12/h3-9,17H,1-2H3,(H,16,18). The molecule has 0 heterocycles. The molecule has 0 saturated carbocycles. The lowest BCUT2D eigenvalue weighted by molar-refractivity contribution is 0.102. The number of carbonyl (C=O) groups excluding carboxylic acids is 1. The molecule has 2 aromatic carbocycles. The fourth-order valence-corrected chi connectivity index (χ4v) is 1.70. The van der Waals surface area contributed by atoms with E-state index in [2.05, 4.69) is 5.32 Å². The molecule has 2 aromatic rings. The number of rotatable bonds is 2. The molecule has 0 aliphatic carbocycles. The van der Waals surface area contributed by atoms with Crippen molar-refractivity contribution in [3.05, 3.63) is 59.2 Å². The Kier molecular flexibility index (Phi) is 3.33. The Labute approximate surface area is 106 Å². The first-order chi connectivity index (χ1) is 8.58. The summed E-state index contributed by atoms with van der Waals surface area (Å²) in [6.07, 6.45) is 0. The van der Waals surface area contributed by atoms with E-state index in [1.807, 2.05) is 31.2 Å². The van der Waals surface area contributed by atoms with Gasteiger partial charge in [0.2, 0.25) is 0 Å². The molecule has 0 bridgehead atoms. The van der Waals surface area contributed by atoms with Gasteiger partial charge in [0.15, 0.2) is 0 Å². The first kappa shape index (κ1) is 12.2. The van der Waals surface area contributed by atoms with Gasteiger partial charge in [-0.1, -0.05) is 18.2 Å². The molecule has 0 radical (unpaired) electrons. The van der Waals surface area contributed by atoms with Crippen molar-refractivity contribution in [1.29, 1.82) is 0 Å². The van der Waals surface area contributed by atoms with Crippen molar-refractivity contribution in [2.45, 2.75) is 13.8 Å². The van der Waals surface area contributed by atoms with E-state index in [1.54, 1.807) is 19.1 Å². The van der Waals surface area contributed by atoms with Crippen LogP contribution in [0.4, 0.5) is 5.69 Å². The molecule has 2 N–H and O–H groups in total. The van der Waals surface area contributed by atoms with Crippen molar-refractivity contribution in [2.75, 3.05) is 5.32 Å². The summed E-state index contributed by atoms with van der Waals surface area (Å²) in [5.74, 6) is 0.0230. The van der Waals surface area contributed by atoms with Gasteiger partial charge in [0.25, 0.3) is 5.91 Å². The Bertz CT molecular complexity index is 591. The largest absolute Gasteiger partial charge is 0.508 e. The second-order valence-corrected chi connectivity index (χ2v) is 4.27. The zero-order valence-electron chi connectivity index (χ0n) is 10.4. The quantitative estimate of drug-likeness (QED) is 0.847. The van der Waals surface area contributed by atoms with Crippen molar-refractivity contribution in [1.82, 2.24) is 0 Å². The van der Waals surface area contributed by atoms with E-state index >= 15 is 0 Å². The summed E-state index contributed by atoms with van der Waals surface area (Å²) in [6.45, 7) is 3.71. The second-order valence-electron chi connectivity index (χ2n) is 4.27. The van der Waals surface area contributed by atoms with E-state index in [4.69, 9.17) is 0 Å². The number of nitrogens with one attached hydrogen (secondary N) is 1. The van der Waals surface area contributed by atoms with E-state index in [0.717, 1.165) is 11.3 Å². The van der Waals surface area contributed by atoms with Crippen molar-refractivity contribution < 1.29 is 9.90 Å². The van der Waals surface area contributed by atoms with E-state index in [9.17, 15) is 9.90 Å². The minimum Gasteiger partial charge on any atom is -0.508 e. The molecule has 1 amide bonds. The molecular weight excluding hydrogens is 226 g/mol. The van der Waals surface area contributed by atoms with Crippen molar-refractivity contribution in [3.8, 4) is 5.75 Å². The summed E-state index contributed by atoms with van der Waals surface area (Å²) in [7, 11) is 0. The Morgan fingerprint density at radius 1 is 1.06 bits per heavy atom. The Balaban J connectivity index is 2.22. The monoisotopic (exact) mass is 241 g/mol. The predicted octanol–water partition coefficient (Wildman–Crippen LogP) is 3.26. The highest BCUT2D eigenvalue weighted by molar-refractivity contribution is 6.04. The molecule has 0 atom stereocenters. The Morgan fingerprint density at radius 3 is 2.44 bits per heavy atom. The van der Waals surface area contributed by atoms with Crippen LogP contribution in [0.25, 0.3) is 0 Å². The van der Waals surface area contributed by atoms with E-state index in [1.165, 1.54) is 6.07 Å². The number of aryl methyl sites for hydroxylation is 2. The molecule has 3 heteroatoms. The summed E-state index contributed by atoms with van der Waals surface area (Å²) in [5.41, 5.74) is 3.04. The van der Waals surface area contributed by atoms with Crippen LogP contribution < -0.4 is 5.32 Å². The van der Waals surface area contributed by atoms with Crippen LogP contribution in [0.5, 0.6) is 5.75 Å². The minimum atomic E-state index is -0.174. The summed E-state index contributed by atoms with van der Waals surface area (Å²) < 4.78 is 0. The maximum absolute atomic E-state index is 12.0. The smallest absolute Gasteiger partial charge is 0.255 e. The maximum Gasteiger partial charge on any atom is 0.255 e. The second kappa shape index (κ2) is 4.92. The van der Waals surface area contributed by atoms with Crippen LogP contribution in [0.3, 0.4) is 0 Å². The van der Waals surface area contributed by atoms with Crippen LogP contribution in [0.15, 0.2) is 42.5 Å². The lowest BCUT2D eigenvalue weighted by Crippen LogP contribution is -2.12. The van der Waals surface area contributed by atoms with Crippen molar-refractivity contribution in [2.24, 2.45) is 0 Å². The fourth-order valence-electron chi connectivity index (χ4n) is 1.70. The van der Waals surface area contributed by atoms with E-state index < -0.39 is 0 Å². The highest BCUT2D eigenvalue weighted by atomic mass is 16.3. The lowest BCUT2D eigenvalue weighted by atomic mass is 10.1. The van der Waals surface area contributed by atoms with Gasteiger partial charge in [0, 0.05) is 11.3 Å². The highest BCUT2D eigenvalue weighted by Crippen LogP contribution is 2.19. The molecule has 0 fully saturated rings. The van der Waals surface area contributed by atoms with Crippen LogP contribution in [-0.4, -0.2) is 11.0 Å². The predicted molar refractivity (Wildman–Crippen MR) is 72.0 cm³/mol. The highest BCUT2D eigenvalue weighted by Gasteiger charge is 2.08. The summed E-state index contributed by atoms with van der Waals surface area (Å²) in [4.78, 5) is 12.0. The first-order valence-electron chi connectivity index (χ1n) is 5.74. The van der Waals surface area contributed by atoms with Gasteiger partial charge in [0.1, 0.15) is 5.75 Å². The number of hydrogen-bond acceptors (Lipinski definition) is 2. The molecule has 0 aromatic heterocycles. The average Bonchev–Trinajstić information content (AvgIpc) is 2.35. The number of carbonyl (C=O) groups is 1. The molecule has 0 spiro atoms. The van der Waals surface area contributed by atoms with Crippen LogP contribution in [0.2, 0.25) is 0 Å². The maximum atomic E-state index is 12.0. The minimum absolute atomic E-state index is 0.174. The third-order valence-electron chi connectivity index (χ3n) is 2.85. The van der Waals surface area contributed by atoms with E-state index in [-0.39, 0.29) is 11.7 Å². The fraction of sp³-hybridized carbons (Fsp3) is 0.133. The third-order valence-corrected chi connectivity index (χ3v) is 2.85.